The molecule has 0 saturated carbocycles. The molecule has 0 bridgehead atoms. The van der Waals surface area contributed by atoms with Crippen molar-refractivity contribution in [2.24, 2.45) is 0 Å². The predicted octanol–water partition coefficient (Wildman–Crippen LogP) is 14.2. The molecule has 0 radical (unpaired) electrons. The van der Waals surface area contributed by atoms with Gasteiger partial charge in [-0.15, -0.1) is 0 Å². The van der Waals surface area contributed by atoms with E-state index >= 15 is 0 Å². The van der Waals surface area contributed by atoms with Crippen molar-refractivity contribution in [3.05, 3.63) is 180 Å². The van der Waals surface area contributed by atoms with E-state index in [1.807, 2.05) is 72.8 Å². The number of hydrogen-bond acceptors (Lipinski definition) is 4. The highest BCUT2D eigenvalue weighted by atomic mass is 28.3. The van der Waals surface area contributed by atoms with Crippen LogP contribution in [0.15, 0.2) is 146 Å². The lowest BCUT2D eigenvalue weighted by atomic mass is 9.88. The summed E-state index contributed by atoms with van der Waals surface area (Å²) in [6.45, 7) is 29.6. The van der Waals surface area contributed by atoms with Gasteiger partial charge in [-0.25, -0.2) is 9.69 Å². The molecule has 0 fully saturated rings. The van der Waals surface area contributed by atoms with Crippen LogP contribution >= 0.6 is 0 Å². The van der Waals surface area contributed by atoms with Crippen LogP contribution in [0.3, 0.4) is 0 Å². The third-order valence-electron chi connectivity index (χ3n) is 13.4. The lowest BCUT2D eigenvalue weighted by Crippen LogP contribution is -2.37. The number of rotatable bonds is 6. The lowest BCUT2D eigenvalue weighted by Gasteiger charge is -2.21. The fourth-order valence-electron chi connectivity index (χ4n) is 9.86. The van der Waals surface area contributed by atoms with E-state index in [2.05, 4.69) is 143 Å². The van der Waals surface area contributed by atoms with E-state index in [1.54, 1.807) is 0 Å². The molecule has 7 aromatic carbocycles. The molecule has 0 saturated heterocycles. The van der Waals surface area contributed by atoms with Crippen molar-refractivity contribution in [2.75, 3.05) is 0 Å². The summed E-state index contributed by atoms with van der Waals surface area (Å²) in [5, 5.41) is 30.1. The van der Waals surface area contributed by atoms with Gasteiger partial charge >= 0.3 is 0 Å². The first kappa shape index (κ1) is 42.0. The summed E-state index contributed by atoms with van der Waals surface area (Å²) in [4.78, 5) is 18.1. The van der Waals surface area contributed by atoms with Gasteiger partial charge in [0.1, 0.15) is 0 Å². The minimum atomic E-state index is -1.69. The molecule has 68 heavy (non-hydrogen) atoms. The van der Waals surface area contributed by atoms with Crippen LogP contribution in [0.4, 0.5) is 11.4 Å². The Balaban J connectivity index is 1.27. The van der Waals surface area contributed by atoms with Crippen LogP contribution in [0.5, 0.6) is 0 Å². The van der Waals surface area contributed by atoms with Crippen LogP contribution < -0.4 is 10.4 Å². The second-order valence-electron chi connectivity index (χ2n) is 19.6. The number of hydrogen-bond donors (Lipinski definition) is 0. The Kier molecular flexibility index (Phi) is 9.57. The minimum absolute atomic E-state index is 0.539. The molecule has 0 N–H and O–H groups in total. The van der Waals surface area contributed by atoms with Crippen molar-refractivity contribution < 1.29 is 0 Å². The highest BCUT2D eigenvalue weighted by Gasteiger charge is 2.25. The van der Waals surface area contributed by atoms with Gasteiger partial charge in [0.2, 0.25) is 0 Å². The topological polar surface area (TPSA) is 91.9 Å². The van der Waals surface area contributed by atoms with Gasteiger partial charge < -0.3 is 9.13 Å². The van der Waals surface area contributed by atoms with Crippen molar-refractivity contribution in [1.29, 1.82) is 10.5 Å². The monoisotopic (exact) mass is 906 g/mol. The number of nitrogens with zero attached hydrogens (tertiary/aromatic N) is 8. The van der Waals surface area contributed by atoms with Gasteiger partial charge in [-0.1, -0.05) is 75.7 Å². The summed E-state index contributed by atoms with van der Waals surface area (Å²) in [6.07, 6.45) is 4.11. The van der Waals surface area contributed by atoms with Crippen LogP contribution in [0, 0.1) is 35.8 Å². The van der Waals surface area contributed by atoms with Crippen LogP contribution in [-0.4, -0.2) is 35.2 Å². The fraction of sp³-hybridized carbons (Fsp3) is 0.103. The van der Waals surface area contributed by atoms with E-state index in [9.17, 15) is 10.5 Å². The molecule has 0 unspecified atom stereocenters. The lowest BCUT2D eigenvalue weighted by molar-refractivity contribution is 1.18. The summed E-state index contributed by atoms with van der Waals surface area (Å²) >= 11 is 0. The maximum atomic E-state index is 9.94. The molecule has 322 valence electrons. The van der Waals surface area contributed by atoms with Gasteiger partial charge in [0, 0.05) is 45.7 Å². The maximum absolute atomic E-state index is 9.94. The number of nitriles is 2. The summed E-state index contributed by atoms with van der Waals surface area (Å²) < 4.78 is 4.47. The Labute approximate surface area is 395 Å². The van der Waals surface area contributed by atoms with Crippen molar-refractivity contribution in [1.82, 2.24) is 19.1 Å². The van der Waals surface area contributed by atoms with Gasteiger partial charge in [0.25, 0.3) is 0 Å². The van der Waals surface area contributed by atoms with E-state index in [4.69, 9.17) is 23.1 Å². The zero-order valence-corrected chi connectivity index (χ0v) is 40.4. The standard InChI is InChI=1S/C58H42N8Si2/c1-61-37-11-23-55-47(27-37)45-25-35(31-59)9-21-53(45)65(55)39-13-17-43-49(29-39)57(51-19-15-41(33-63-51)67(3,4)5)44-18-14-40(30-50(44)58(43)52-20-16-42(34-64-52)68(6,7)8)66-54-22-10-36(32-60)26-46(54)48-28-38(62-2)12-24-56(48)66/h9-30,33-34H,3-8H3. The summed E-state index contributed by atoms with van der Waals surface area (Å²) in [5.74, 6) is 0. The van der Waals surface area contributed by atoms with E-state index < -0.39 is 16.1 Å². The molecule has 8 nitrogen and oxygen atoms in total. The zero-order valence-electron chi connectivity index (χ0n) is 38.4. The van der Waals surface area contributed by atoms with Gasteiger partial charge in [0.05, 0.1) is 86.0 Å². The Bertz CT molecular complexity index is 3730. The average molecular weight is 907 g/mol. The first-order chi connectivity index (χ1) is 32.8. The largest absolute Gasteiger partial charge is 0.309 e. The smallest absolute Gasteiger partial charge is 0.188 e. The SMILES string of the molecule is [C-]#[N+]c1ccc2c(c1)c1cc(C#N)ccc1n2-c1ccc2c(-c3ccc([Si](C)(C)C)cn3)c3cc(-n4c5ccc(C#N)cc5c5cc([N+]#[C-])ccc54)ccc3c(-c3ccc([Si](C)(C)C)cn3)c2c1. The van der Waals surface area contributed by atoms with Crippen LogP contribution in [0.1, 0.15) is 11.1 Å². The average Bonchev–Trinajstić information content (AvgIpc) is 3.85. The summed E-state index contributed by atoms with van der Waals surface area (Å²) in [7, 11) is -3.38. The molecule has 10 heteroatoms. The van der Waals surface area contributed by atoms with Crippen molar-refractivity contribution >= 4 is 103 Å². The number of benzene rings is 7. The molecule has 0 aliphatic rings. The van der Waals surface area contributed by atoms with Gasteiger partial charge in [-0.05, 0) is 140 Å². The van der Waals surface area contributed by atoms with Gasteiger partial charge in [0.15, 0.2) is 11.4 Å². The normalized spacial score (nSPS) is 11.9. The zero-order chi connectivity index (χ0) is 47.2. The minimum Gasteiger partial charge on any atom is -0.309 e. The molecule has 4 heterocycles. The first-order valence-corrected chi connectivity index (χ1v) is 29.5. The molecule has 0 aliphatic heterocycles. The van der Waals surface area contributed by atoms with E-state index in [0.29, 0.717) is 22.5 Å². The number of aromatic nitrogens is 4. The van der Waals surface area contributed by atoms with Crippen LogP contribution in [-0.2, 0) is 0 Å². The van der Waals surface area contributed by atoms with E-state index in [1.165, 1.54) is 10.4 Å². The quantitative estimate of drug-likeness (QED) is 0.0944. The van der Waals surface area contributed by atoms with Gasteiger partial charge in [-0.2, -0.15) is 10.5 Å². The third-order valence-corrected chi connectivity index (χ3v) is 17.4. The second kappa shape index (κ2) is 15.5. The molecular formula is C58H42N8Si2. The molecule has 4 aromatic heterocycles. The summed E-state index contributed by atoms with van der Waals surface area (Å²) in [5.41, 5.74) is 11.5. The first-order valence-electron chi connectivity index (χ1n) is 22.5. The Morgan fingerprint density at radius 2 is 0.809 bits per heavy atom. The Morgan fingerprint density at radius 1 is 0.426 bits per heavy atom. The third kappa shape index (κ3) is 6.66. The predicted molar refractivity (Wildman–Crippen MR) is 285 cm³/mol. The Morgan fingerprint density at radius 3 is 1.15 bits per heavy atom. The fourth-order valence-corrected chi connectivity index (χ4v) is 11.9. The van der Waals surface area contributed by atoms with E-state index in [0.717, 1.165) is 99.0 Å². The molecule has 11 rings (SSSR count). The van der Waals surface area contributed by atoms with Crippen molar-refractivity contribution in [3.63, 3.8) is 0 Å². The van der Waals surface area contributed by atoms with Crippen molar-refractivity contribution in [2.45, 2.75) is 39.3 Å². The number of pyridine rings is 2. The second-order valence-corrected chi connectivity index (χ2v) is 29.7. The van der Waals surface area contributed by atoms with Crippen molar-refractivity contribution in [3.8, 4) is 46.0 Å². The van der Waals surface area contributed by atoms with E-state index in [-0.39, 0.29) is 0 Å². The highest BCUT2D eigenvalue weighted by molar-refractivity contribution is 6.89. The molecule has 0 aliphatic carbocycles. The Hall–Kier alpha value is -8.65. The number of fused-ring (bicyclic) bond motifs is 8. The molecule has 0 amide bonds. The van der Waals surface area contributed by atoms with Crippen LogP contribution in [0.2, 0.25) is 39.3 Å². The van der Waals surface area contributed by atoms with Gasteiger partial charge in [-0.3, -0.25) is 9.97 Å². The summed E-state index contributed by atoms with van der Waals surface area (Å²) in [6, 6.07) is 49.9. The maximum Gasteiger partial charge on any atom is 0.188 e. The highest BCUT2D eigenvalue weighted by Crippen LogP contribution is 2.46. The van der Waals surface area contributed by atoms with Crippen LogP contribution in [0.25, 0.3) is 109 Å². The molecule has 0 atom stereocenters. The molecule has 0 spiro atoms. The molecule has 11 aromatic rings. The molecular weight excluding hydrogens is 865 g/mol.